The van der Waals surface area contributed by atoms with E-state index in [0.29, 0.717) is 0 Å². The van der Waals surface area contributed by atoms with Crippen LogP contribution in [0.25, 0.3) is 0 Å². The third kappa shape index (κ3) is 4.35. The van der Waals surface area contributed by atoms with Crippen LogP contribution in [0.4, 0.5) is 14.5 Å². The second-order valence-electron chi connectivity index (χ2n) is 5.35. The van der Waals surface area contributed by atoms with Crippen LogP contribution in [0, 0.1) is 11.6 Å². The molecule has 0 saturated heterocycles. The van der Waals surface area contributed by atoms with Gasteiger partial charge in [-0.15, -0.1) is 0 Å². The summed E-state index contributed by atoms with van der Waals surface area (Å²) in [6.07, 6.45) is 0. The van der Waals surface area contributed by atoms with E-state index in [1.807, 2.05) is 0 Å². The highest BCUT2D eigenvalue weighted by Gasteiger charge is 2.24. The molecule has 150 valence electrons. The molecular formula is C18H17F2NO7. The lowest BCUT2D eigenvalue weighted by Gasteiger charge is -2.16. The van der Waals surface area contributed by atoms with E-state index >= 15 is 0 Å². The van der Waals surface area contributed by atoms with Crippen molar-refractivity contribution >= 4 is 17.4 Å². The number of halogens is 2. The molecule has 10 heteroatoms. The number of ketones is 1. The number of methoxy groups -OCH3 is 1. The van der Waals surface area contributed by atoms with Crippen molar-refractivity contribution in [3.8, 4) is 17.2 Å². The molecule has 0 fully saturated rings. The average molecular weight is 397 g/mol. The zero-order chi connectivity index (χ0) is 20.8. The molecule has 0 aliphatic rings. The number of amides is 1. The molecule has 0 radical (unpaired) electrons. The van der Waals surface area contributed by atoms with Crippen molar-refractivity contribution in [2.24, 2.45) is 0 Å². The Morgan fingerprint density at radius 2 is 1.75 bits per heavy atom. The maximum atomic E-state index is 14.7. The summed E-state index contributed by atoms with van der Waals surface area (Å²) in [6, 6.07) is 4.34. The van der Waals surface area contributed by atoms with Gasteiger partial charge in [0.05, 0.1) is 18.4 Å². The lowest BCUT2D eigenvalue weighted by Crippen LogP contribution is -2.16. The van der Waals surface area contributed by atoms with Crippen molar-refractivity contribution in [2.45, 2.75) is 6.92 Å². The van der Waals surface area contributed by atoms with Gasteiger partial charge in [0.2, 0.25) is 5.75 Å². The number of rotatable bonds is 8. The van der Waals surface area contributed by atoms with Crippen molar-refractivity contribution in [3.05, 3.63) is 47.0 Å². The first-order valence-corrected chi connectivity index (χ1v) is 7.83. The zero-order valence-electron chi connectivity index (χ0n) is 14.9. The van der Waals surface area contributed by atoms with Crippen LogP contribution in [-0.4, -0.2) is 42.6 Å². The molecule has 0 spiro atoms. The summed E-state index contributed by atoms with van der Waals surface area (Å²) in [5.41, 5.74) is -0.876. The average Bonchev–Trinajstić information content (AvgIpc) is 2.65. The Balaban J connectivity index is 2.44. The molecule has 0 unspecified atom stereocenters. The standard InChI is InChI=1S/C18H17F2NO7/c1-9(24)15-12(6-14(26-2)17(16(15)20)28-8-23)21-18(25)10-3-4-13(27-7-22)11(19)5-10/h3-6,22-23H,7-8H2,1-2H3,(H,21,25). The van der Waals surface area contributed by atoms with E-state index < -0.39 is 48.2 Å². The number of ether oxygens (including phenoxy) is 3. The normalized spacial score (nSPS) is 10.4. The van der Waals surface area contributed by atoms with Gasteiger partial charge in [0.1, 0.15) is 0 Å². The van der Waals surface area contributed by atoms with Crippen LogP contribution >= 0.6 is 0 Å². The molecule has 0 heterocycles. The van der Waals surface area contributed by atoms with Crippen molar-refractivity contribution in [1.29, 1.82) is 0 Å². The summed E-state index contributed by atoms with van der Waals surface area (Å²) < 4.78 is 42.9. The summed E-state index contributed by atoms with van der Waals surface area (Å²) in [5, 5.41) is 19.9. The van der Waals surface area contributed by atoms with Gasteiger partial charge in [-0.3, -0.25) is 9.59 Å². The van der Waals surface area contributed by atoms with Crippen LogP contribution in [-0.2, 0) is 0 Å². The minimum atomic E-state index is -1.13. The second kappa shape index (κ2) is 9.11. The van der Waals surface area contributed by atoms with Gasteiger partial charge < -0.3 is 29.7 Å². The van der Waals surface area contributed by atoms with Gasteiger partial charge in [0.25, 0.3) is 5.91 Å². The Kier molecular flexibility index (Phi) is 6.85. The number of nitrogens with one attached hydrogen (secondary N) is 1. The van der Waals surface area contributed by atoms with Gasteiger partial charge in [-0.25, -0.2) is 8.78 Å². The summed E-state index contributed by atoms with van der Waals surface area (Å²) in [4.78, 5) is 24.3. The smallest absolute Gasteiger partial charge is 0.255 e. The predicted octanol–water partition coefficient (Wildman–Crippen LogP) is 2.09. The van der Waals surface area contributed by atoms with E-state index in [1.165, 1.54) is 13.2 Å². The van der Waals surface area contributed by atoms with Crippen LogP contribution in [0.2, 0.25) is 0 Å². The van der Waals surface area contributed by atoms with Gasteiger partial charge in [-0.05, 0) is 25.1 Å². The number of carbonyl (C=O) groups is 2. The maximum Gasteiger partial charge on any atom is 0.255 e. The fourth-order valence-corrected chi connectivity index (χ4v) is 2.43. The Bertz CT molecular complexity index is 902. The van der Waals surface area contributed by atoms with Gasteiger partial charge >= 0.3 is 0 Å². The highest BCUT2D eigenvalue weighted by atomic mass is 19.1. The Morgan fingerprint density at radius 1 is 1.07 bits per heavy atom. The van der Waals surface area contributed by atoms with Crippen molar-refractivity contribution < 1.29 is 42.8 Å². The van der Waals surface area contributed by atoms with Crippen LogP contribution in [0.3, 0.4) is 0 Å². The summed E-state index contributed by atoms with van der Waals surface area (Å²) in [5.74, 6) is -4.53. The van der Waals surface area contributed by atoms with E-state index in [2.05, 4.69) is 10.1 Å². The number of aliphatic hydroxyl groups is 2. The fraction of sp³-hybridized carbons (Fsp3) is 0.222. The molecule has 28 heavy (non-hydrogen) atoms. The molecule has 0 aromatic heterocycles. The number of carbonyl (C=O) groups excluding carboxylic acids is 2. The topological polar surface area (TPSA) is 114 Å². The van der Waals surface area contributed by atoms with E-state index in [0.717, 1.165) is 25.1 Å². The van der Waals surface area contributed by atoms with Crippen molar-refractivity contribution in [1.82, 2.24) is 0 Å². The third-order valence-corrected chi connectivity index (χ3v) is 3.63. The quantitative estimate of drug-likeness (QED) is 0.462. The minimum absolute atomic E-state index is 0.146. The first-order valence-electron chi connectivity index (χ1n) is 7.83. The molecule has 1 amide bonds. The largest absolute Gasteiger partial charge is 0.493 e. The van der Waals surface area contributed by atoms with Crippen LogP contribution < -0.4 is 19.5 Å². The number of anilines is 1. The van der Waals surface area contributed by atoms with Crippen molar-refractivity contribution in [2.75, 3.05) is 26.0 Å². The first kappa shape index (κ1) is 21.1. The number of benzene rings is 2. The number of hydrogen-bond donors (Lipinski definition) is 3. The van der Waals surface area contributed by atoms with E-state index in [-0.39, 0.29) is 22.7 Å². The molecule has 2 rings (SSSR count). The molecule has 3 N–H and O–H groups in total. The van der Waals surface area contributed by atoms with E-state index in [1.54, 1.807) is 0 Å². The SMILES string of the molecule is COc1cc(NC(=O)c2ccc(OCO)c(F)c2)c(C(C)=O)c(F)c1OCO. The van der Waals surface area contributed by atoms with Crippen molar-refractivity contribution in [3.63, 3.8) is 0 Å². The van der Waals surface area contributed by atoms with Gasteiger partial charge in [-0.2, -0.15) is 0 Å². The Hall–Kier alpha value is -3.24. The predicted molar refractivity (Wildman–Crippen MR) is 92.7 cm³/mol. The molecule has 0 aliphatic carbocycles. The highest BCUT2D eigenvalue weighted by molar-refractivity contribution is 6.09. The Morgan fingerprint density at radius 3 is 2.29 bits per heavy atom. The molecule has 8 nitrogen and oxygen atoms in total. The summed E-state index contributed by atoms with van der Waals surface area (Å²) in [6.45, 7) is -0.534. The summed E-state index contributed by atoms with van der Waals surface area (Å²) >= 11 is 0. The maximum absolute atomic E-state index is 14.7. The zero-order valence-corrected chi connectivity index (χ0v) is 14.9. The molecule has 0 saturated carbocycles. The molecular weight excluding hydrogens is 380 g/mol. The fourth-order valence-electron chi connectivity index (χ4n) is 2.43. The highest BCUT2D eigenvalue weighted by Crippen LogP contribution is 2.38. The lowest BCUT2D eigenvalue weighted by atomic mass is 10.1. The number of hydrogen-bond acceptors (Lipinski definition) is 7. The van der Waals surface area contributed by atoms with Gasteiger partial charge in [0, 0.05) is 11.6 Å². The van der Waals surface area contributed by atoms with E-state index in [9.17, 15) is 18.4 Å². The van der Waals surface area contributed by atoms with Gasteiger partial charge in [0.15, 0.2) is 42.5 Å². The first-order chi connectivity index (χ1) is 13.3. The minimum Gasteiger partial charge on any atom is -0.493 e. The van der Waals surface area contributed by atoms with E-state index in [4.69, 9.17) is 19.7 Å². The number of aliphatic hydroxyl groups excluding tert-OH is 2. The van der Waals surface area contributed by atoms with Crippen LogP contribution in [0.1, 0.15) is 27.6 Å². The monoisotopic (exact) mass is 397 g/mol. The molecule has 2 aromatic rings. The van der Waals surface area contributed by atoms with Crippen LogP contribution in [0.5, 0.6) is 17.2 Å². The molecule has 0 bridgehead atoms. The van der Waals surface area contributed by atoms with Crippen LogP contribution in [0.15, 0.2) is 24.3 Å². The summed E-state index contributed by atoms with van der Waals surface area (Å²) in [7, 11) is 1.20. The van der Waals surface area contributed by atoms with Gasteiger partial charge in [-0.1, -0.05) is 0 Å². The Labute approximate surface area is 158 Å². The molecule has 0 aliphatic heterocycles. The molecule has 2 aromatic carbocycles. The second-order valence-corrected chi connectivity index (χ2v) is 5.35. The lowest BCUT2D eigenvalue weighted by molar-refractivity contribution is 0.0897. The third-order valence-electron chi connectivity index (χ3n) is 3.63. The number of Topliss-reactive ketones (excluding diaryl/α,β-unsaturated/α-hetero) is 1. The molecule has 0 atom stereocenters.